The van der Waals surface area contributed by atoms with Crippen LogP contribution in [0.1, 0.15) is 16.8 Å². The van der Waals surface area contributed by atoms with E-state index in [2.05, 4.69) is 21.5 Å². The molecule has 1 aromatic heterocycles. The number of aliphatic hydroxyl groups is 1. The summed E-state index contributed by atoms with van der Waals surface area (Å²) in [4.78, 5) is 13.0. The van der Waals surface area contributed by atoms with Crippen LogP contribution in [-0.4, -0.2) is 28.0 Å². The highest BCUT2D eigenvalue weighted by Gasteiger charge is 2.16. The van der Waals surface area contributed by atoms with Gasteiger partial charge >= 0.3 is 0 Å². The van der Waals surface area contributed by atoms with Crippen molar-refractivity contribution in [2.24, 2.45) is 4.99 Å². The molecule has 0 fully saturated rings. The Kier molecular flexibility index (Phi) is 5.58. The number of hydrogen-bond acceptors (Lipinski definition) is 6. The van der Waals surface area contributed by atoms with Crippen molar-refractivity contribution in [1.82, 2.24) is 9.97 Å². The molecule has 0 aliphatic carbocycles. The standard InChI is InChI=1S/C21H20N4O2/c1-14(16-8-4-3-5-9-16)27-21(23-2)19-20(22)24-12-18(25-19)17-10-6-7-15(11-17)13-26/h3-12,26H,1,13H2,2H3,(H2,22,24)/b23-21-. The first-order valence-corrected chi connectivity index (χ1v) is 8.34. The molecule has 0 amide bonds. The van der Waals surface area contributed by atoms with E-state index in [9.17, 15) is 5.11 Å². The molecule has 0 saturated carbocycles. The molecule has 6 nitrogen and oxygen atoms in total. The molecule has 3 rings (SSSR count). The number of benzene rings is 2. The van der Waals surface area contributed by atoms with Crippen LogP contribution in [-0.2, 0) is 11.3 Å². The van der Waals surface area contributed by atoms with Gasteiger partial charge in [-0.05, 0) is 11.6 Å². The molecule has 0 aliphatic heterocycles. The van der Waals surface area contributed by atoms with Gasteiger partial charge in [0.15, 0.2) is 11.5 Å². The second kappa shape index (κ2) is 8.25. The number of nitrogens with two attached hydrogens (primary N) is 1. The summed E-state index contributed by atoms with van der Waals surface area (Å²) in [6, 6.07) is 16.9. The maximum Gasteiger partial charge on any atom is 0.244 e. The number of rotatable bonds is 5. The van der Waals surface area contributed by atoms with Crippen LogP contribution in [0.2, 0.25) is 0 Å². The predicted octanol–water partition coefficient (Wildman–Crippen LogP) is 3.28. The predicted molar refractivity (Wildman–Crippen MR) is 107 cm³/mol. The van der Waals surface area contributed by atoms with E-state index < -0.39 is 0 Å². The Hall–Kier alpha value is -3.51. The van der Waals surface area contributed by atoms with Gasteiger partial charge in [0, 0.05) is 18.2 Å². The second-order valence-electron chi connectivity index (χ2n) is 5.77. The highest BCUT2D eigenvalue weighted by Crippen LogP contribution is 2.22. The Balaban J connectivity index is 1.93. The molecule has 136 valence electrons. The average molecular weight is 360 g/mol. The lowest BCUT2D eigenvalue weighted by Crippen LogP contribution is -2.13. The Morgan fingerprint density at radius 1 is 1.19 bits per heavy atom. The van der Waals surface area contributed by atoms with E-state index >= 15 is 0 Å². The van der Waals surface area contributed by atoms with Crippen LogP contribution in [0.15, 0.2) is 72.4 Å². The van der Waals surface area contributed by atoms with Crippen LogP contribution in [0.4, 0.5) is 5.82 Å². The lowest BCUT2D eigenvalue weighted by atomic mass is 10.1. The maximum absolute atomic E-state index is 9.34. The lowest BCUT2D eigenvalue weighted by molar-refractivity contribution is 0.282. The van der Waals surface area contributed by atoms with Gasteiger partial charge in [-0.15, -0.1) is 0 Å². The van der Waals surface area contributed by atoms with Crippen LogP contribution in [0.3, 0.4) is 0 Å². The monoisotopic (exact) mass is 360 g/mol. The van der Waals surface area contributed by atoms with Crippen molar-refractivity contribution >= 4 is 17.5 Å². The zero-order valence-corrected chi connectivity index (χ0v) is 15.0. The van der Waals surface area contributed by atoms with E-state index in [1.54, 1.807) is 13.2 Å². The molecule has 3 aromatic rings. The molecule has 0 radical (unpaired) electrons. The summed E-state index contributed by atoms with van der Waals surface area (Å²) in [7, 11) is 1.59. The topological polar surface area (TPSA) is 93.6 Å². The quantitative estimate of drug-likeness (QED) is 0.414. The number of ether oxygens (including phenoxy) is 1. The van der Waals surface area contributed by atoms with Gasteiger partial charge in [-0.3, -0.25) is 4.99 Å². The fourth-order valence-electron chi connectivity index (χ4n) is 2.52. The SMILES string of the molecule is C=C(O/C(=N\C)c1nc(-c2cccc(CO)c2)cnc1N)c1ccccc1. The first-order chi connectivity index (χ1) is 13.1. The van der Waals surface area contributed by atoms with Gasteiger partial charge in [-0.1, -0.05) is 55.1 Å². The molecule has 0 unspecified atom stereocenters. The summed E-state index contributed by atoms with van der Waals surface area (Å²) in [5.74, 6) is 0.873. The number of hydrogen-bond donors (Lipinski definition) is 2. The van der Waals surface area contributed by atoms with E-state index in [0.29, 0.717) is 17.1 Å². The molecule has 0 atom stereocenters. The minimum absolute atomic E-state index is 0.0508. The third-order valence-electron chi connectivity index (χ3n) is 3.93. The van der Waals surface area contributed by atoms with Gasteiger partial charge in [0.2, 0.25) is 5.90 Å². The summed E-state index contributed by atoms with van der Waals surface area (Å²) >= 11 is 0. The first-order valence-electron chi connectivity index (χ1n) is 8.34. The van der Waals surface area contributed by atoms with Crippen LogP contribution < -0.4 is 5.73 Å². The molecule has 0 spiro atoms. The Morgan fingerprint density at radius 3 is 2.67 bits per heavy atom. The highest BCUT2D eigenvalue weighted by molar-refractivity contribution is 5.99. The molecule has 27 heavy (non-hydrogen) atoms. The van der Waals surface area contributed by atoms with Crippen molar-refractivity contribution in [1.29, 1.82) is 0 Å². The Labute approximate surface area is 157 Å². The van der Waals surface area contributed by atoms with Crippen LogP contribution in [0, 0.1) is 0 Å². The lowest BCUT2D eigenvalue weighted by Gasteiger charge is -2.13. The van der Waals surface area contributed by atoms with Gasteiger partial charge in [0.1, 0.15) is 5.76 Å². The van der Waals surface area contributed by atoms with E-state index in [-0.39, 0.29) is 18.3 Å². The fourth-order valence-corrected chi connectivity index (χ4v) is 2.52. The van der Waals surface area contributed by atoms with Crippen molar-refractivity contribution in [2.45, 2.75) is 6.61 Å². The van der Waals surface area contributed by atoms with Crippen molar-refractivity contribution in [3.8, 4) is 11.3 Å². The zero-order chi connectivity index (χ0) is 19.2. The minimum Gasteiger partial charge on any atom is -0.437 e. The van der Waals surface area contributed by atoms with Crippen molar-refractivity contribution < 1.29 is 9.84 Å². The van der Waals surface area contributed by atoms with Gasteiger partial charge in [-0.2, -0.15) is 0 Å². The largest absolute Gasteiger partial charge is 0.437 e. The number of aromatic nitrogens is 2. The van der Waals surface area contributed by atoms with E-state index in [1.807, 2.05) is 54.6 Å². The van der Waals surface area contributed by atoms with Gasteiger partial charge in [0.25, 0.3) is 0 Å². The second-order valence-corrected chi connectivity index (χ2v) is 5.77. The smallest absolute Gasteiger partial charge is 0.244 e. The summed E-state index contributed by atoms with van der Waals surface area (Å²) in [5.41, 5.74) is 9.37. The van der Waals surface area contributed by atoms with Gasteiger partial charge in [-0.25, -0.2) is 9.97 Å². The van der Waals surface area contributed by atoms with Crippen molar-refractivity contribution in [3.63, 3.8) is 0 Å². The summed E-state index contributed by atoms with van der Waals surface area (Å²) in [6.45, 7) is 3.90. The van der Waals surface area contributed by atoms with E-state index in [4.69, 9.17) is 10.5 Å². The number of nitrogen functional groups attached to an aromatic ring is 1. The van der Waals surface area contributed by atoms with Gasteiger partial charge < -0.3 is 15.6 Å². The molecule has 0 bridgehead atoms. The fraction of sp³-hybridized carbons (Fsp3) is 0.0952. The van der Waals surface area contributed by atoms with Crippen LogP contribution in [0.25, 0.3) is 17.0 Å². The number of nitrogens with zero attached hydrogens (tertiary/aromatic N) is 3. The normalized spacial score (nSPS) is 11.3. The van der Waals surface area contributed by atoms with Crippen molar-refractivity contribution in [3.05, 3.63) is 84.2 Å². The van der Waals surface area contributed by atoms with E-state index in [1.165, 1.54) is 0 Å². The Morgan fingerprint density at radius 2 is 1.96 bits per heavy atom. The molecule has 0 aliphatic rings. The average Bonchev–Trinajstić information content (AvgIpc) is 2.73. The van der Waals surface area contributed by atoms with Gasteiger partial charge in [0.05, 0.1) is 18.5 Å². The molecule has 1 heterocycles. The summed E-state index contributed by atoms with van der Waals surface area (Å²) in [6.07, 6.45) is 1.58. The molecular weight excluding hydrogens is 340 g/mol. The maximum atomic E-state index is 9.34. The highest BCUT2D eigenvalue weighted by atomic mass is 16.5. The third kappa shape index (κ3) is 4.19. The molecular formula is C21H20N4O2. The summed E-state index contributed by atoms with van der Waals surface area (Å²) in [5, 5.41) is 9.34. The third-order valence-corrected chi connectivity index (χ3v) is 3.93. The zero-order valence-electron chi connectivity index (χ0n) is 15.0. The molecule has 6 heteroatoms. The number of aliphatic imine (C=N–C) groups is 1. The molecule has 3 N–H and O–H groups in total. The molecule has 0 saturated heterocycles. The minimum atomic E-state index is -0.0508. The summed E-state index contributed by atoms with van der Waals surface area (Å²) < 4.78 is 5.82. The number of aliphatic hydroxyl groups excluding tert-OH is 1. The first kappa shape index (κ1) is 18.3. The van der Waals surface area contributed by atoms with Crippen LogP contribution in [0.5, 0.6) is 0 Å². The molecule has 2 aromatic carbocycles. The van der Waals surface area contributed by atoms with Crippen molar-refractivity contribution in [2.75, 3.05) is 12.8 Å². The van der Waals surface area contributed by atoms with E-state index in [0.717, 1.165) is 16.7 Å². The Bertz CT molecular complexity index is 984. The van der Waals surface area contributed by atoms with Crippen LogP contribution >= 0.6 is 0 Å². The number of anilines is 1.